The van der Waals surface area contributed by atoms with Crippen molar-refractivity contribution in [1.29, 1.82) is 0 Å². The average Bonchev–Trinajstić information content (AvgIpc) is 3.46. The van der Waals surface area contributed by atoms with Gasteiger partial charge in [-0.15, -0.1) is 0 Å². The van der Waals surface area contributed by atoms with E-state index in [2.05, 4.69) is 15.4 Å². The van der Waals surface area contributed by atoms with Gasteiger partial charge in [-0.2, -0.15) is 5.10 Å². The molecule has 1 aliphatic carbocycles. The van der Waals surface area contributed by atoms with E-state index in [1.807, 2.05) is 60.9 Å². The Morgan fingerprint density at radius 2 is 2.07 bits per heavy atom. The molecule has 3 aromatic rings. The molecule has 1 fully saturated rings. The molecule has 4 rings (SSSR count). The van der Waals surface area contributed by atoms with Crippen molar-refractivity contribution in [2.24, 2.45) is 0 Å². The molecule has 2 heterocycles. The number of aromatic nitrogens is 3. The van der Waals surface area contributed by atoms with Gasteiger partial charge in [-0.05, 0) is 55.2 Å². The maximum atomic E-state index is 12.9. The molecule has 1 aliphatic rings. The number of aryl methyl sites for hydroxylation is 1. The van der Waals surface area contributed by atoms with Crippen LogP contribution in [0.5, 0.6) is 0 Å². The Balaban J connectivity index is 1.57. The number of rotatable bonds is 6. The minimum atomic E-state index is -0.112. The molecule has 150 valence electrons. The van der Waals surface area contributed by atoms with Gasteiger partial charge in [-0.25, -0.2) is 9.67 Å². The summed E-state index contributed by atoms with van der Waals surface area (Å²) < 4.78 is 1.86. The van der Waals surface area contributed by atoms with E-state index in [9.17, 15) is 4.79 Å². The van der Waals surface area contributed by atoms with E-state index in [0.717, 1.165) is 41.2 Å². The van der Waals surface area contributed by atoms with Crippen LogP contribution in [0.1, 0.15) is 45.9 Å². The largest absolute Gasteiger partial charge is 0.363 e. The van der Waals surface area contributed by atoms with E-state index in [1.165, 1.54) is 0 Å². The lowest BCUT2D eigenvalue weighted by atomic mass is 10.1. The third-order valence-corrected chi connectivity index (χ3v) is 5.54. The summed E-state index contributed by atoms with van der Waals surface area (Å²) in [5, 5.41) is 8.23. The molecule has 1 N–H and O–H groups in total. The second-order valence-corrected chi connectivity index (χ2v) is 8.07. The minimum Gasteiger partial charge on any atom is -0.363 e. The van der Waals surface area contributed by atoms with Crippen LogP contribution in [0, 0.1) is 6.92 Å². The molecule has 29 heavy (non-hydrogen) atoms. The van der Waals surface area contributed by atoms with Gasteiger partial charge in [0.05, 0.1) is 23.1 Å². The lowest BCUT2D eigenvalue weighted by Gasteiger charge is -2.13. The monoisotopic (exact) mass is 409 g/mol. The van der Waals surface area contributed by atoms with Crippen molar-refractivity contribution in [3.8, 4) is 5.69 Å². The Morgan fingerprint density at radius 1 is 1.28 bits per heavy atom. The van der Waals surface area contributed by atoms with Gasteiger partial charge in [0.25, 0.3) is 5.91 Å². The number of nitrogens with one attached hydrogen (secondary N) is 1. The Kier molecular flexibility index (Phi) is 5.28. The van der Waals surface area contributed by atoms with E-state index >= 15 is 0 Å². The number of hydrogen-bond acceptors (Lipinski definition) is 4. The number of carbonyl (C=O) groups is 1. The van der Waals surface area contributed by atoms with Crippen molar-refractivity contribution in [2.45, 2.75) is 32.2 Å². The quantitative estimate of drug-likeness (QED) is 0.665. The van der Waals surface area contributed by atoms with Crippen molar-refractivity contribution in [3.63, 3.8) is 0 Å². The zero-order valence-corrected chi connectivity index (χ0v) is 17.6. The highest BCUT2D eigenvalue weighted by atomic mass is 35.5. The normalized spacial score (nSPS) is 13.4. The summed E-state index contributed by atoms with van der Waals surface area (Å²) in [6, 6.07) is 9.74. The second-order valence-electron chi connectivity index (χ2n) is 7.66. The predicted molar refractivity (Wildman–Crippen MR) is 115 cm³/mol. The molecule has 0 radical (unpaired) electrons. The van der Waals surface area contributed by atoms with Crippen LogP contribution in [0.25, 0.3) is 5.69 Å². The summed E-state index contributed by atoms with van der Waals surface area (Å²) >= 11 is 6.30. The first-order chi connectivity index (χ1) is 13.9. The zero-order chi connectivity index (χ0) is 20.5. The van der Waals surface area contributed by atoms with Crippen molar-refractivity contribution in [3.05, 3.63) is 70.1 Å². The smallest absolute Gasteiger partial charge is 0.255 e. The van der Waals surface area contributed by atoms with Crippen molar-refractivity contribution < 1.29 is 4.79 Å². The van der Waals surface area contributed by atoms with Gasteiger partial charge in [-0.1, -0.05) is 17.7 Å². The molecular weight excluding hydrogens is 386 g/mol. The number of hydrogen-bond donors (Lipinski definition) is 1. The number of anilines is 1. The van der Waals surface area contributed by atoms with Gasteiger partial charge in [0, 0.05) is 37.8 Å². The molecule has 0 spiro atoms. The molecule has 0 aliphatic heterocycles. The van der Waals surface area contributed by atoms with Crippen LogP contribution in [0.3, 0.4) is 0 Å². The molecule has 0 atom stereocenters. The van der Waals surface area contributed by atoms with Crippen LogP contribution in [0.4, 0.5) is 5.82 Å². The number of amides is 1. The first kappa shape index (κ1) is 19.5. The summed E-state index contributed by atoms with van der Waals surface area (Å²) in [5.74, 6) is 1.11. The van der Waals surface area contributed by atoms with E-state index in [4.69, 9.17) is 11.6 Å². The highest BCUT2D eigenvalue weighted by Crippen LogP contribution is 2.42. The predicted octanol–water partition coefficient (Wildman–Crippen LogP) is 4.10. The van der Waals surface area contributed by atoms with Crippen LogP contribution < -0.4 is 10.2 Å². The molecule has 0 unspecified atom stereocenters. The molecule has 7 heteroatoms. The summed E-state index contributed by atoms with van der Waals surface area (Å²) in [4.78, 5) is 19.2. The Bertz CT molecular complexity index is 1060. The third kappa shape index (κ3) is 4.12. The number of benzene rings is 1. The number of nitrogens with zero attached hydrogens (tertiary/aromatic N) is 4. The van der Waals surface area contributed by atoms with Crippen LogP contribution in [0.2, 0.25) is 5.02 Å². The maximum Gasteiger partial charge on any atom is 0.255 e. The Morgan fingerprint density at radius 3 is 2.76 bits per heavy atom. The number of carbonyl (C=O) groups excluding carboxylic acids is 1. The van der Waals surface area contributed by atoms with Crippen LogP contribution >= 0.6 is 11.6 Å². The fraction of sp³-hybridized carbons (Fsp3) is 0.318. The molecule has 0 bridgehead atoms. The highest BCUT2D eigenvalue weighted by Gasteiger charge is 2.33. The van der Waals surface area contributed by atoms with E-state index in [1.54, 1.807) is 12.4 Å². The van der Waals surface area contributed by atoms with Crippen LogP contribution in [-0.4, -0.2) is 34.8 Å². The lowest BCUT2D eigenvalue weighted by molar-refractivity contribution is 0.0950. The summed E-state index contributed by atoms with van der Waals surface area (Å²) in [6.07, 6.45) is 5.56. The van der Waals surface area contributed by atoms with Gasteiger partial charge in [0.1, 0.15) is 5.82 Å². The molecule has 1 aromatic carbocycles. The summed E-state index contributed by atoms with van der Waals surface area (Å²) in [7, 11) is 3.89. The molecule has 1 amide bonds. The zero-order valence-electron chi connectivity index (χ0n) is 16.8. The van der Waals surface area contributed by atoms with Gasteiger partial charge in [0.2, 0.25) is 0 Å². The maximum absolute atomic E-state index is 12.9. The molecule has 6 nitrogen and oxygen atoms in total. The van der Waals surface area contributed by atoms with Crippen LogP contribution in [0.15, 0.2) is 42.7 Å². The average molecular weight is 410 g/mol. The fourth-order valence-electron chi connectivity index (χ4n) is 3.29. The van der Waals surface area contributed by atoms with E-state index in [0.29, 0.717) is 23.0 Å². The number of pyridine rings is 1. The molecule has 1 saturated carbocycles. The van der Waals surface area contributed by atoms with Crippen molar-refractivity contribution in [2.75, 3.05) is 19.0 Å². The standard InChI is InChI=1S/C22H24ClN5O/c1-14-4-7-17(11-19(14)23)28-21(16-5-6-16)18(13-26-28)22(29)25-12-15-8-9-24-20(10-15)27(2)3/h4,7-11,13,16H,5-6,12H2,1-3H3,(H,25,29). The molecule has 0 saturated heterocycles. The van der Waals surface area contributed by atoms with Crippen LogP contribution in [-0.2, 0) is 6.54 Å². The first-order valence-corrected chi connectivity index (χ1v) is 10.1. The highest BCUT2D eigenvalue weighted by molar-refractivity contribution is 6.31. The lowest BCUT2D eigenvalue weighted by Crippen LogP contribution is -2.24. The summed E-state index contributed by atoms with van der Waals surface area (Å²) in [6.45, 7) is 2.41. The van der Waals surface area contributed by atoms with Gasteiger partial charge >= 0.3 is 0 Å². The first-order valence-electron chi connectivity index (χ1n) is 9.69. The minimum absolute atomic E-state index is 0.112. The molecule has 2 aromatic heterocycles. The second kappa shape index (κ2) is 7.87. The van der Waals surface area contributed by atoms with Gasteiger partial charge < -0.3 is 10.2 Å². The number of halogens is 1. The fourth-order valence-corrected chi connectivity index (χ4v) is 3.47. The SMILES string of the molecule is Cc1ccc(-n2ncc(C(=O)NCc3ccnc(N(C)C)c3)c2C2CC2)cc1Cl. The Hall–Kier alpha value is -2.86. The van der Waals surface area contributed by atoms with Crippen molar-refractivity contribution >= 4 is 23.3 Å². The molecular formula is C22H24ClN5O. The van der Waals surface area contributed by atoms with E-state index < -0.39 is 0 Å². The summed E-state index contributed by atoms with van der Waals surface area (Å²) in [5.41, 5.74) is 4.49. The van der Waals surface area contributed by atoms with Gasteiger partial charge in [-0.3, -0.25) is 4.79 Å². The van der Waals surface area contributed by atoms with Crippen molar-refractivity contribution in [1.82, 2.24) is 20.1 Å². The van der Waals surface area contributed by atoms with Gasteiger partial charge in [0.15, 0.2) is 0 Å². The Labute approximate surface area is 175 Å². The van der Waals surface area contributed by atoms with E-state index in [-0.39, 0.29) is 5.91 Å². The topological polar surface area (TPSA) is 63.1 Å². The third-order valence-electron chi connectivity index (χ3n) is 5.14.